The van der Waals surface area contributed by atoms with Gasteiger partial charge in [-0.1, -0.05) is 136 Å². The average molecular weight is 1470 g/mol. The molecular formula is C78H129N7O19. The number of hydrogen-bond acceptors (Lipinski definition) is 17. The number of phenolic OH excluding ortho intramolecular Hbond substituents is 1. The van der Waals surface area contributed by atoms with Crippen LogP contribution in [0.25, 0.3) is 0 Å². The zero-order valence-corrected chi connectivity index (χ0v) is 63.6. The van der Waals surface area contributed by atoms with E-state index < -0.39 is 107 Å². The minimum Gasteiger partial charge on any atom is -0.508 e. The third-order valence-electron chi connectivity index (χ3n) is 19.5. The summed E-state index contributed by atoms with van der Waals surface area (Å²) in [5.41, 5.74) is -0.719. The van der Waals surface area contributed by atoms with Gasteiger partial charge in [0.25, 0.3) is 0 Å². The Labute approximate surface area is 617 Å². The molecule has 590 valence electrons. The highest BCUT2D eigenvalue weighted by molar-refractivity contribution is 5.96. The van der Waals surface area contributed by atoms with Gasteiger partial charge in [0.15, 0.2) is 11.6 Å². The molecule has 1 saturated carbocycles. The fourth-order valence-electron chi connectivity index (χ4n) is 12.6. The summed E-state index contributed by atoms with van der Waals surface area (Å²) >= 11 is 0. The number of amides is 5. The normalized spacial score (nSPS) is 15.2. The first-order valence-corrected chi connectivity index (χ1v) is 38.6. The highest BCUT2D eigenvalue weighted by Crippen LogP contribution is 2.29. The lowest BCUT2D eigenvalue weighted by Crippen LogP contribution is -2.59. The number of hydrogen-bond donors (Lipinski definition) is 12. The zero-order chi connectivity index (χ0) is 77.8. The van der Waals surface area contributed by atoms with Crippen LogP contribution < -0.4 is 37.2 Å². The van der Waals surface area contributed by atoms with Gasteiger partial charge in [0.1, 0.15) is 35.2 Å². The van der Waals surface area contributed by atoms with Crippen LogP contribution in [0.3, 0.4) is 0 Å². The molecule has 6 atom stereocenters. The standard InChI is InChI=1S/C49H76N6O15.C29H53NO4/c1-7-10-13-37(52-29-42(61)49(5,6)55-45(64)39(53-30(4)56)26-31-15-19-34(57)20-16-31)41(60)28-51-36(40(59)9-3)14-11-12-25-50-43(62)23-18-33(47(67)68)27-35(58)21-22-38(48(69)70)54-44(63)24-17-32(8-2)46(65)66;1-25(31)27-22-20-26(21-23-27)24-30-28(32)18-16-14-12-10-8-6-4-2-3-5-7-9-11-13-15-17-19-29(33)34/h15-16,19-20,32-33,36-39,51-52,57H,7-14,17-18,21-29H2,1-6H3,(H,50,62)(H,53,56)(H,54,63)(H,55,64)(H,65,66)(H,67,68)(H,69,70);26-27H,2-24H2,1H3,(H,30,32)(H,33,34)/t32-,33+,36-,37-,38-,39+;/m0./s1. The third-order valence-corrected chi connectivity index (χ3v) is 19.5. The number of rotatable bonds is 61. The highest BCUT2D eigenvalue weighted by atomic mass is 16.4. The molecule has 1 aromatic rings. The van der Waals surface area contributed by atoms with Crippen LogP contribution in [0.2, 0.25) is 0 Å². The molecule has 1 fully saturated rings. The van der Waals surface area contributed by atoms with E-state index >= 15 is 0 Å². The Bertz CT molecular complexity index is 2790. The minimum atomic E-state index is -1.44. The Morgan fingerprint density at radius 1 is 0.490 bits per heavy atom. The molecule has 0 spiro atoms. The molecule has 0 unspecified atom stereocenters. The third kappa shape index (κ3) is 45.7. The summed E-state index contributed by atoms with van der Waals surface area (Å²) in [5, 5.41) is 66.1. The number of aromatic hydroxyl groups is 1. The lowest BCUT2D eigenvalue weighted by atomic mass is 9.80. The number of carbonyl (C=O) groups is 14. The average Bonchev–Trinajstić information content (AvgIpc) is 0.844. The second-order valence-corrected chi connectivity index (χ2v) is 28.8. The number of ketones is 5. The van der Waals surface area contributed by atoms with Crippen LogP contribution in [0.4, 0.5) is 0 Å². The maximum Gasteiger partial charge on any atom is 0.326 e. The number of nitrogens with one attached hydrogen (secondary N) is 7. The van der Waals surface area contributed by atoms with E-state index in [4.69, 9.17) is 10.2 Å². The van der Waals surface area contributed by atoms with E-state index in [1.54, 1.807) is 32.9 Å². The molecule has 104 heavy (non-hydrogen) atoms. The molecule has 1 aromatic carbocycles. The number of carbonyl (C=O) groups excluding carboxylic acids is 10. The molecule has 0 aromatic heterocycles. The van der Waals surface area contributed by atoms with Crippen molar-refractivity contribution in [1.82, 2.24) is 37.2 Å². The van der Waals surface area contributed by atoms with E-state index in [0.29, 0.717) is 62.2 Å². The summed E-state index contributed by atoms with van der Waals surface area (Å²) in [6.45, 7) is 11.9. The summed E-state index contributed by atoms with van der Waals surface area (Å²) in [6, 6.07) is 2.29. The molecule has 0 heterocycles. The molecule has 5 amide bonds. The summed E-state index contributed by atoms with van der Waals surface area (Å²) in [6.07, 6.45) is 26.9. The number of carboxylic acids is 4. The fraction of sp³-hybridized carbons (Fsp3) is 0.744. The minimum absolute atomic E-state index is 0.00908. The summed E-state index contributed by atoms with van der Waals surface area (Å²) < 4.78 is 0. The summed E-state index contributed by atoms with van der Waals surface area (Å²) in [4.78, 5) is 171. The first-order valence-electron chi connectivity index (χ1n) is 38.6. The number of aliphatic carboxylic acids is 4. The second-order valence-electron chi connectivity index (χ2n) is 28.8. The number of carboxylic acid groups (broad SMARTS) is 4. The van der Waals surface area contributed by atoms with Crippen molar-refractivity contribution in [2.24, 2.45) is 23.7 Å². The summed E-state index contributed by atoms with van der Waals surface area (Å²) in [5.74, 6) is -8.62. The predicted molar refractivity (Wildman–Crippen MR) is 396 cm³/mol. The summed E-state index contributed by atoms with van der Waals surface area (Å²) in [7, 11) is 0. The van der Waals surface area contributed by atoms with Crippen molar-refractivity contribution < 1.29 is 92.7 Å². The van der Waals surface area contributed by atoms with Crippen LogP contribution in [-0.4, -0.2) is 164 Å². The Morgan fingerprint density at radius 3 is 1.51 bits per heavy atom. The molecule has 26 nitrogen and oxygen atoms in total. The Balaban J connectivity index is 0.00000132. The lowest BCUT2D eigenvalue weighted by Gasteiger charge is -2.29. The van der Waals surface area contributed by atoms with Crippen LogP contribution in [0, 0.1) is 23.7 Å². The molecular weight excluding hydrogens is 1340 g/mol. The van der Waals surface area contributed by atoms with Gasteiger partial charge in [-0.05, 0) is 134 Å². The smallest absolute Gasteiger partial charge is 0.326 e. The number of benzene rings is 1. The first-order chi connectivity index (χ1) is 49.4. The fourth-order valence-corrected chi connectivity index (χ4v) is 12.6. The van der Waals surface area contributed by atoms with Gasteiger partial charge in [-0.25, -0.2) is 4.79 Å². The van der Waals surface area contributed by atoms with Gasteiger partial charge >= 0.3 is 23.9 Å². The molecule has 0 aliphatic heterocycles. The van der Waals surface area contributed by atoms with Crippen molar-refractivity contribution in [3.8, 4) is 5.75 Å². The van der Waals surface area contributed by atoms with Crippen LogP contribution in [0.15, 0.2) is 24.3 Å². The van der Waals surface area contributed by atoms with Crippen molar-refractivity contribution in [1.29, 1.82) is 0 Å². The van der Waals surface area contributed by atoms with Crippen LogP contribution in [0.1, 0.15) is 292 Å². The van der Waals surface area contributed by atoms with Gasteiger partial charge in [-0.15, -0.1) is 0 Å². The van der Waals surface area contributed by atoms with Crippen LogP contribution >= 0.6 is 0 Å². The van der Waals surface area contributed by atoms with Gasteiger partial charge in [0, 0.05) is 77.3 Å². The lowest BCUT2D eigenvalue weighted by molar-refractivity contribution is -0.145. The molecule has 1 aliphatic rings. The maximum atomic E-state index is 13.5. The van der Waals surface area contributed by atoms with E-state index in [1.807, 2.05) is 6.92 Å². The maximum absolute atomic E-state index is 13.5. The molecule has 0 saturated heterocycles. The van der Waals surface area contributed by atoms with Crippen molar-refractivity contribution in [3.63, 3.8) is 0 Å². The molecule has 0 bridgehead atoms. The van der Waals surface area contributed by atoms with Gasteiger partial charge in [0.05, 0.1) is 42.5 Å². The Hall–Kier alpha value is -7.48. The second kappa shape index (κ2) is 55.9. The van der Waals surface area contributed by atoms with Crippen LogP contribution in [-0.2, 0) is 73.5 Å². The number of unbranched alkanes of at least 4 members (excludes halogenated alkanes) is 17. The molecule has 12 N–H and O–H groups in total. The van der Waals surface area contributed by atoms with E-state index in [0.717, 1.165) is 64.3 Å². The quantitative estimate of drug-likeness (QED) is 0.0270. The van der Waals surface area contributed by atoms with E-state index in [1.165, 1.54) is 110 Å². The highest BCUT2D eigenvalue weighted by Gasteiger charge is 2.34. The largest absolute Gasteiger partial charge is 0.508 e. The van der Waals surface area contributed by atoms with Crippen molar-refractivity contribution in [2.45, 2.75) is 322 Å². The first kappa shape index (κ1) is 94.5. The van der Waals surface area contributed by atoms with Gasteiger partial charge < -0.3 is 62.8 Å². The topological polar surface area (TPSA) is 424 Å². The Morgan fingerprint density at radius 2 is 1.00 bits per heavy atom. The van der Waals surface area contributed by atoms with E-state index in [9.17, 15) is 82.4 Å². The van der Waals surface area contributed by atoms with Crippen LogP contribution in [0.5, 0.6) is 5.75 Å². The molecule has 1 aliphatic carbocycles. The molecule has 26 heteroatoms. The monoisotopic (exact) mass is 1470 g/mol. The molecule has 0 radical (unpaired) electrons. The van der Waals surface area contributed by atoms with E-state index in [-0.39, 0.29) is 107 Å². The van der Waals surface area contributed by atoms with Gasteiger partial charge in [0.2, 0.25) is 29.5 Å². The van der Waals surface area contributed by atoms with Crippen molar-refractivity contribution in [2.75, 3.05) is 26.2 Å². The van der Waals surface area contributed by atoms with Crippen molar-refractivity contribution in [3.05, 3.63) is 29.8 Å². The SMILES string of the molecule is CC(=O)C1CCC(CNC(=O)CCCCCCCCCCCCCCCCCCC(=O)O)CC1.CCCC[C@H](NCC(=O)C(C)(C)NC(=O)[C@@H](Cc1ccc(O)cc1)NC(C)=O)C(=O)CN[C@@H](CCCCNC(=O)CC[C@H](CC(=O)CC[C@H](NC(=O)CC[C@H](CC)C(=O)O)C(=O)O)C(=O)O)C(=O)CC. The predicted octanol–water partition coefficient (Wildman–Crippen LogP) is 10.1. The zero-order valence-electron chi connectivity index (χ0n) is 63.6. The molecule has 2 rings (SSSR count). The van der Waals surface area contributed by atoms with E-state index in [2.05, 4.69) is 37.2 Å². The number of phenols is 1. The Kier molecular flexibility index (Phi) is 50.8. The van der Waals surface area contributed by atoms with Crippen molar-refractivity contribution >= 4 is 82.3 Å². The van der Waals surface area contributed by atoms with Gasteiger partial charge in [-0.3, -0.25) is 62.3 Å². The number of Topliss-reactive ketones (excluding diaryl/α,β-unsaturated/α-hetero) is 5. The van der Waals surface area contributed by atoms with Gasteiger partial charge in [-0.2, -0.15) is 0 Å².